The molecular weight excluding hydrogens is 344 g/mol. The van der Waals surface area contributed by atoms with Gasteiger partial charge in [0.2, 0.25) is 5.91 Å². The first-order chi connectivity index (χ1) is 12.3. The Kier molecular flexibility index (Phi) is 8.66. The molecule has 0 aliphatic carbocycles. The molecule has 1 fully saturated rings. The number of rotatable bonds is 7. The second-order valence-electron chi connectivity index (χ2n) is 6.93. The first-order valence-corrected chi connectivity index (χ1v) is 9.40. The molecule has 2 N–H and O–H groups in total. The monoisotopic (exact) mass is 372 g/mol. The smallest absolute Gasteiger partial charge is 0.220 e. The zero-order chi connectivity index (χ0) is 17.3. The number of hydrogen-bond acceptors (Lipinski definition) is 2. The fraction of sp³-hybridized carbons (Fsp3) is 0.409. The molecule has 0 aromatic heterocycles. The third-order valence-corrected chi connectivity index (χ3v) is 5.07. The van der Waals surface area contributed by atoms with Crippen molar-refractivity contribution in [1.29, 1.82) is 0 Å². The van der Waals surface area contributed by atoms with Crippen molar-refractivity contribution in [2.24, 2.45) is 5.92 Å². The summed E-state index contributed by atoms with van der Waals surface area (Å²) in [7, 11) is 0. The van der Waals surface area contributed by atoms with E-state index < -0.39 is 0 Å². The van der Waals surface area contributed by atoms with Crippen LogP contribution in [0.25, 0.3) is 0 Å². The number of nitrogens with one attached hydrogen (secondary N) is 2. The zero-order valence-electron chi connectivity index (χ0n) is 15.2. The fourth-order valence-corrected chi connectivity index (χ4v) is 3.64. The first-order valence-electron chi connectivity index (χ1n) is 9.40. The van der Waals surface area contributed by atoms with E-state index in [2.05, 4.69) is 34.9 Å². The summed E-state index contributed by atoms with van der Waals surface area (Å²) < 4.78 is 0. The fourth-order valence-electron chi connectivity index (χ4n) is 3.64. The van der Waals surface area contributed by atoms with Gasteiger partial charge in [-0.15, -0.1) is 12.4 Å². The SMILES string of the molecule is Cl.O=C(CC(c1ccccc1)c1ccccc1)NCCC1CCCNC1. The molecule has 0 radical (unpaired) electrons. The van der Waals surface area contributed by atoms with E-state index in [9.17, 15) is 4.79 Å². The highest BCUT2D eigenvalue weighted by Crippen LogP contribution is 2.27. The summed E-state index contributed by atoms with van der Waals surface area (Å²) in [6.45, 7) is 3.01. The number of piperidine rings is 1. The minimum absolute atomic E-state index is 0. The van der Waals surface area contributed by atoms with E-state index in [0.29, 0.717) is 12.3 Å². The van der Waals surface area contributed by atoms with Crippen LogP contribution in [0.4, 0.5) is 0 Å². The molecule has 1 unspecified atom stereocenters. The summed E-state index contributed by atoms with van der Waals surface area (Å²) in [6, 6.07) is 20.6. The highest BCUT2D eigenvalue weighted by Gasteiger charge is 2.18. The molecule has 1 atom stereocenters. The molecule has 1 amide bonds. The molecule has 4 heteroatoms. The van der Waals surface area contributed by atoms with Gasteiger partial charge >= 0.3 is 0 Å². The normalized spacial score (nSPS) is 16.7. The Bertz CT molecular complexity index is 602. The van der Waals surface area contributed by atoms with Crippen LogP contribution in [0, 0.1) is 5.92 Å². The Hall–Kier alpha value is -1.84. The summed E-state index contributed by atoms with van der Waals surface area (Å²) in [5.41, 5.74) is 2.39. The molecule has 1 saturated heterocycles. The van der Waals surface area contributed by atoms with Crippen molar-refractivity contribution in [3.05, 3.63) is 71.8 Å². The first kappa shape index (κ1) is 20.5. The molecular formula is C22H29ClN2O. The maximum Gasteiger partial charge on any atom is 0.220 e. The number of carbonyl (C=O) groups is 1. The Morgan fingerprint density at radius 2 is 1.65 bits per heavy atom. The molecule has 2 aromatic carbocycles. The summed E-state index contributed by atoms with van der Waals surface area (Å²) in [5, 5.41) is 6.57. The van der Waals surface area contributed by atoms with Gasteiger partial charge in [-0.1, -0.05) is 60.7 Å². The maximum absolute atomic E-state index is 12.5. The number of halogens is 1. The van der Waals surface area contributed by atoms with Gasteiger partial charge in [-0.25, -0.2) is 0 Å². The molecule has 1 heterocycles. The van der Waals surface area contributed by atoms with Gasteiger partial charge in [0.15, 0.2) is 0 Å². The van der Waals surface area contributed by atoms with E-state index in [1.54, 1.807) is 0 Å². The lowest BCUT2D eigenvalue weighted by molar-refractivity contribution is -0.121. The molecule has 0 bridgehead atoms. The molecule has 2 aromatic rings. The van der Waals surface area contributed by atoms with E-state index in [1.165, 1.54) is 24.0 Å². The highest BCUT2D eigenvalue weighted by atomic mass is 35.5. The highest BCUT2D eigenvalue weighted by molar-refractivity contribution is 5.85. The van der Waals surface area contributed by atoms with E-state index in [4.69, 9.17) is 0 Å². The predicted molar refractivity (Wildman–Crippen MR) is 110 cm³/mol. The molecule has 140 valence electrons. The van der Waals surface area contributed by atoms with Gasteiger partial charge in [0.25, 0.3) is 0 Å². The van der Waals surface area contributed by atoms with Gasteiger partial charge < -0.3 is 10.6 Å². The Labute approximate surface area is 163 Å². The lowest BCUT2D eigenvalue weighted by Gasteiger charge is -2.23. The molecule has 26 heavy (non-hydrogen) atoms. The summed E-state index contributed by atoms with van der Waals surface area (Å²) in [6.07, 6.45) is 4.10. The molecule has 0 saturated carbocycles. The van der Waals surface area contributed by atoms with Crippen LogP contribution in [-0.2, 0) is 4.79 Å². The summed E-state index contributed by atoms with van der Waals surface area (Å²) in [5.74, 6) is 0.952. The zero-order valence-corrected chi connectivity index (χ0v) is 16.0. The van der Waals surface area contributed by atoms with Crippen LogP contribution in [0.1, 0.15) is 42.7 Å². The quantitative estimate of drug-likeness (QED) is 0.767. The van der Waals surface area contributed by atoms with Crippen molar-refractivity contribution in [2.45, 2.75) is 31.6 Å². The number of benzene rings is 2. The number of hydrogen-bond donors (Lipinski definition) is 2. The third-order valence-electron chi connectivity index (χ3n) is 5.07. The molecule has 3 rings (SSSR count). The predicted octanol–water partition coefficient (Wildman–Crippen LogP) is 4.14. The topological polar surface area (TPSA) is 41.1 Å². The van der Waals surface area contributed by atoms with Crippen molar-refractivity contribution in [3.63, 3.8) is 0 Å². The van der Waals surface area contributed by atoms with Gasteiger partial charge in [0, 0.05) is 18.9 Å². The van der Waals surface area contributed by atoms with Crippen molar-refractivity contribution in [1.82, 2.24) is 10.6 Å². The average molecular weight is 373 g/mol. The molecule has 1 aliphatic rings. The van der Waals surface area contributed by atoms with Crippen molar-refractivity contribution in [3.8, 4) is 0 Å². The average Bonchev–Trinajstić information content (AvgIpc) is 2.68. The molecule has 0 spiro atoms. The second kappa shape index (κ2) is 11.0. The molecule has 3 nitrogen and oxygen atoms in total. The van der Waals surface area contributed by atoms with Crippen LogP contribution >= 0.6 is 12.4 Å². The Balaban J connectivity index is 0.00000243. The van der Waals surface area contributed by atoms with Crippen molar-refractivity contribution in [2.75, 3.05) is 19.6 Å². The molecule has 1 aliphatic heterocycles. The van der Waals surface area contributed by atoms with Gasteiger partial charge in [0.05, 0.1) is 0 Å². The summed E-state index contributed by atoms with van der Waals surface area (Å²) in [4.78, 5) is 12.5. The minimum atomic E-state index is 0. The van der Waals surface area contributed by atoms with Crippen molar-refractivity contribution < 1.29 is 4.79 Å². The van der Waals surface area contributed by atoms with Crippen molar-refractivity contribution >= 4 is 18.3 Å². The van der Waals surface area contributed by atoms with Crippen LogP contribution in [-0.4, -0.2) is 25.5 Å². The second-order valence-corrected chi connectivity index (χ2v) is 6.93. The standard InChI is InChI=1S/C22H28N2O.ClH/c25-22(24-15-13-18-8-7-14-23-17-18)16-21(19-9-3-1-4-10-19)20-11-5-2-6-12-20;/h1-6,9-12,18,21,23H,7-8,13-17H2,(H,24,25);1H. The van der Waals surface area contributed by atoms with Gasteiger partial charge in [-0.05, 0) is 49.4 Å². The number of amides is 1. The van der Waals surface area contributed by atoms with Crippen LogP contribution in [0.15, 0.2) is 60.7 Å². The van der Waals surface area contributed by atoms with Crippen LogP contribution in [0.3, 0.4) is 0 Å². The van der Waals surface area contributed by atoms with E-state index >= 15 is 0 Å². The van der Waals surface area contributed by atoms with Gasteiger partial charge in [-0.2, -0.15) is 0 Å². The largest absolute Gasteiger partial charge is 0.356 e. The van der Waals surface area contributed by atoms with Crippen LogP contribution in [0.2, 0.25) is 0 Å². The van der Waals surface area contributed by atoms with Crippen LogP contribution in [0.5, 0.6) is 0 Å². The van der Waals surface area contributed by atoms with E-state index in [0.717, 1.165) is 26.1 Å². The Morgan fingerprint density at radius 3 is 2.19 bits per heavy atom. The Morgan fingerprint density at radius 1 is 1.04 bits per heavy atom. The summed E-state index contributed by atoms with van der Waals surface area (Å²) >= 11 is 0. The number of carbonyl (C=O) groups excluding carboxylic acids is 1. The maximum atomic E-state index is 12.5. The lowest BCUT2D eigenvalue weighted by Crippen LogP contribution is -2.33. The third kappa shape index (κ3) is 6.15. The van der Waals surface area contributed by atoms with E-state index in [-0.39, 0.29) is 24.2 Å². The van der Waals surface area contributed by atoms with E-state index in [1.807, 2.05) is 36.4 Å². The van der Waals surface area contributed by atoms with Gasteiger partial charge in [-0.3, -0.25) is 4.79 Å². The van der Waals surface area contributed by atoms with Gasteiger partial charge in [0.1, 0.15) is 0 Å². The lowest BCUT2D eigenvalue weighted by atomic mass is 9.88. The van der Waals surface area contributed by atoms with Crippen LogP contribution < -0.4 is 10.6 Å². The minimum Gasteiger partial charge on any atom is -0.356 e.